The van der Waals surface area contributed by atoms with Crippen molar-refractivity contribution < 1.29 is 19.1 Å². The minimum absolute atomic E-state index is 0.242. The van der Waals surface area contributed by atoms with Gasteiger partial charge in [0.25, 0.3) is 0 Å². The monoisotopic (exact) mass is 455 g/mol. The Morgan fingerprint density at radius 3 is 2.41 bits per heavy atom. The molecule has 0 bridgehead atoms. The van der Waals surface area contributed by atoms with Crippen molar-refractivity contribution in [2.24, 2.45) is 0 Å². The number of urea groups is 1. The molecule has 0 aliphatic rings. The molecule has 4 rings (SSSR count). The quantitative estimate of drug-likeness (QED) is 0.363. The molecule has 0 spiro atoms. The second-order valence-electron chi connectivity index (χ2n) is 7.86. The summed E-state index contributed by atoms with van der Waals surface area (Å²) in [7, 11) is 1.31. The van der Waals surface area contributed by atoms with Crippen LogP contribution in [0.4, 0.5) is 16.2 Å². The Morgan fingerprint density at radius 1 is 0.912 bits per heavy atom. The number of nitrogens with zero attached hydrogens (tertiary/aromatic N) is 1. The first-order valence-corrected chi connectivity index (χ1v) is 10.8. The number of carbonyl (C=O) groups excluding carboxylic acids is 2. The topological polar surface area (TPSA) is 89.6 Å². The van der Waals surface area contributed by atoms with Crippen LogP contribution in [-0.4, -0.2) is 30.7 Å². The van der Waals surface area contributed by atoms with Gasteiger partial charge in [-0.25, -0.2) is 14.6 Å². The molecule has 7 heteroatoms. The molecular weight excluding hydrogens is 430 g/mol. The molecule has 4 aromatic rings. The molecule has 7 nitrogen and oxygen atoms in total. The lowest BCUT2D eigenvalue weighted by atomic mass is 10.1. The van der Waals surface area contributed by atoms with Crippen molar-refractivity contribution in [3.8, 4) is 17.0 Å². The number of esters is 1. The molecule has 0 saturated heterocycles. The van der Waals surface area contributed by atoms with Crippen molar-refractivity contribution >= 4 is 34.3 Å². The summed E-state index contributed by atoms with van der Waals surface area (Å²) in [6.07, 6.45) is 0. The molecule has 0 aliphatic carbocycles. The maximum Gasteiger partial charge on any atom is 0.343 e. The third-order valence-electron chi connectivity index (χ3n) is 5.34. The lowest BCUT2D eigenvalue weighted by Gasteiger charge is -2.13. The van der Waals surface area contributed by atoms with Gasteiger partial charge in [-0.3, -0.25) is 0 Å². The number of nitrogens with one attached hydrogen (secondary N) is 2. The van der Waals surface area contributed by atoms with Crippen LogP contribution >= 0.6 is 0 Å². The molecule has 1 heterocycles. The van der Waals surface area contributed by atoms with E-state index in [0.29, 0.717) is 28.0 Å². The molecule has 0 saturated carbocycles. The Kier molecular flexibility index (Phi) is 6.73. The summed E-state index contributed by atoms with van der Waals surface area (Å²) >= 11 is 0. The molecular formula is C27H25N3O4. The predicted molar refractivity (Wildman–Crippen MR) is 133 cm³/mol. The number of carbonyl (C=O) groups is 2. The third-order valence-corrected chi connectivity index (χ3v) is 5.34. The molecule has 0 aliphatic heterocycles. The number of fused-ring (bicyclic) bond motifs is 1. The van der Waals surface area contributed by atoms with Gasteiger partial charge in [0.05, 0.1) is 18.3 Å². The zero-order valence-corrected chi connectivity index (χ0v) is 19.2. The molecule has 0 unspecified atom stereocenters. The van der Waals surface area contributed by atoms with E-state index in [4.69, 9.17) is 14.5 Å². The number of hydrogen-bond acceptors (Lipinski definition) is 5. The van der Waals surface area contributed by atoms with Gasteiger partial charge in [-0.05, 0) is 43.7 Å². The molecule has 1 aromatic heterocycles. The first-order valence-electron chi connectivity index (χ1n) is 10.8. The van der Waals surface area contributed by atoms with E-state index in [1.54, 1.807) is 24.3 Å². The number of para-hydroxylation sites is 1. The van der Waals surface area contributed by atoms with Crippen molar-refractivity contribution in [3.63, 3.8) is 0 Å². The summed E-state index contributed by atoms with van der Waals surface area (Å²) in [5.41, 5.74) is 5.70. The Bertz CT molecular complexity index is 1350. The Labute approximate surface area is 197 Å². The van der Waals surface area contributed by atoms with Crippen molar-refractivity contribution in [3.05, 3.63) is 83.9 Å². The Hall–Kier alpha value is -4.39. The third kappa shape index (κ3) is 5.32. The highest BCUT2D eigenvalue weighted by Crippen LogP contribution is 2.32. The number of anilines is 2. The van der Waals surface area contributed by atoms with E-state index in [-0.39, 0.29) is 12.6 Å². The molecule has 2 amide bonds. The van der Waals surface area contributed by atoms with Crippen molar-refractivity contribution in [2.45, 2.75) is 13.8 Å². The van der Waals surface area contributed by atoms with E-state index in [0.717, 1.165) is 22.4 Å². The average Bonchev–Trinajstić information content (AvgIpc) is 2.84. The first-order chi connectivity index (χ1) is 16.4. The standard InChI is InChI=1S/C27H25N3O4/c1-17-8-10-19(11-9-17)24-15-25(34-16-26(31)33-3)21-14-20(12-13-23(21)29-24)28-27(32)30-22-7-5-4-6-18(22)2/h4-15H,16H2,1-3H3,(H2,28,30,32). The summed E-state index contributed by atoms with van der Waals surface area (Å²) in [5.74, 6) is -0.0253. The van der Waals surface area contributed by atoms with Gasteiger partial charge in [0.1, 0.15) is 5.75 Å². The van der Waals surface area contributed by atoms with Gasteiger partial charge in [-0.15, -0.1) is 0 Å². The van der Waals surface area contributed by atoms with Gasteiger partial charge >= 0.3 is 12.0 Å². The van der Waals surface area contributed by atoms with Gasteiger partial charge in [0.2, 0.25) is 0 Å². The lowest BCUT2D eigenvalue weighted by molar-refractivity contribution is -0.142. The normalized spacial score (nSPS) is 10.6. The van der Waals surface area contributed by atoms with E-state index >= 15 is 0 Å². The van der Waals surface area contributed by atoms with E-state index in [9.17, 15) is 9.59 Å². The van der Waals surface area contributed by atoms with Crippen molar-refractivity contribution in [1.29, 1.82) is 0 Å². The molecule has 34 heavy (non-hydrogen) atoms. The Morgan fingerprint density at radius 2 is 1.68 bits per heavy atom. The van der Waals surface area contributed by atoms with Gasteiger partial charge in [-0.1, -0.05) is 48.0 Å². The highest BCUT2D eigenvalue weighted by atomic mass is 16.6. The van der Waals surface area contributed by atoms with E-state index in [1.165, 1.54) is 7.11 Å². The molecule has 2 N–H and O–H groups in total. The number of benzene rings is 3. The van der Waals surface area contributed by atoms with Crippen molar-refractivity contribution in [1.82, 2.24) is 4.98 Å². The second-order valence-corrected chi connectivity index (χ2v) is 7.86. The molecule has 0 radical (unpaired) electrons. The van der Waals surface area contributed by atoms with E-state index < -0.39 is 5.97 Å². The smallest absolute Gasteiger partial charge is 0.343 e. The van der Waals surface area contributed by atoms with Crippen LogP contribution in [0.15, 0.2) is 72.8 Å². The van der Waals surface area contributed by atoms with Gasteiger partial charge in [0.15, 0.2) is 6.61 Å². The number of methoxy groups -OCH3 is 1. The van der Waals surface area contributed by atoms with Crippen molar-refractivity contribution in [2.75, 3.05) is 24.4 Å². The highest BCUT2D eigenvalue weighted by Gasteiger charge is 2.13. The number of hydrogen-bond donors (Lipinski definition) is 2. The van der Waals surface area contributed by atoms with Crippen LogP contribution < -0.4 is 15.4 Å². The predicted octanol–water partition coefficient (Wildman–Crippen LogP) is 5.71. The number of ether oxygens (including phenoxy) is 2. The van der Waals surface area contributed by atoms with Gasteiger partial charge in [-0.2, -0.15) is 0 Å². The largest absolute Gasteiger partial charge is 0.481 e. The summed E-state index contributed by atoms with van der Waals surface area (Å²) < 4.78 is 10.5. The number of rotatable bonds is 6. The van der Waals surface area contributed by atoms with E-state index in [1.807, 2.05) is 62.4 Å². The highest BCUT2D eigenvalue weighted by molar-refractivity contribution is 6.02. The second kappa shape index (κ2) is 10.0. The molecule has 172 valence electrons. The van der Waals surface area contributed by atoms with Crippen LogP contribution in [0.3, 0.4) is 0 Å². The van der Waals surface area contributed by atoms with Gasteiger partial charge in [0, 0.05) is 28.4 Å². The minimum atomic E-state index is -0.492. The molecule has 0 atom stereocenters. The first kappa shape index (κ1) is 22.8. The fraction of sp³-hybridized carbons (Fsp3) is 0.148. The number of pyridine rings is 1. The van der Waals surface area contributed by atoms with Crippen LogP contribution in [0, 0.1) is 13.8 Å². The maximum absolute atomic E-state index is 12.5. The molecule has 0 fully saturated rings. The summed E-state index contributed by atoms with van der Waals surface area (Å²) in [6, 6.07) is 22.3. The zero-order valence-electron chi connectivity index (χ0n) is 19.2. The number of aryl methyl sites for hydroxylation is 2. The number of aromatic nitrogens is 1. The van der Waals surface area contributed by atoms with Crippen LogP contribution in [0.25, 0.3) is 22.2 Å². The fourth-order valence-corrected chi connectivity index (χ4v) is 3.46. The van der Waals surface area contributed by atoms with Crippen LogP contribution in [0.2, 0.25) is 0 Å². The zero-order chi connectivity index (χ0) is 24.1. The maximum atomic E-state index is 12.5. The SMILES string of the molecule is COC(=O)COc1cc(-c2ccc(C)cc2)nc2ccc(NC(=O)Nc3ccccc3C)cc12. The lowest BCUT2D eigenvalue weighted by Crippen LogP contribution is -2.19. The summed E-state index contributed by atoms with van der Waals surface area (Å²) in [4.78, 5) is 29.0. The Balaban J connectivity index is 1.66. The van der Waals surface area contributed by atoms with Gasteiger partial charge < -0.3 is 20.1 Å². The minimum Gasteiger partial charge on any atom is -0.481 e. The summed E-state index contributed by atoms with van der Waals surface area (Å²) in [5, 5.41) is 6.35. The average molecular weight is 456 g/mol. The molecule has 3 aromatic carbocycles. The number of amides is 2. The van der Waals surface area contributed by atoms with Crippen LogP contribution in [-0.2, 0) is 9.53 Å². The summed E-state index contributed by atoms with van der Waals surface area (Å²) in [6.45, 7) is 3.70. The fourth-order valence-electron chi connectivity index (χ4n) is 3.46. The van der Waals surface area contributed by atoms with E-state index in [2.05, 4.69) is 10.6 Å². The van der Waals surface area contributed by atoms with Crippen LogP contribution in [0.5, 0.6) is 5.75 Å². The van der Waals surface area contributed by atoms with Crippen LogP contribution in [0.1, 0.15) is 11.1 Å².